The Morgan fingerprint density at radius 3 is 2.37 bits per heavy atom. The molecule has 4 N–H and O–H groups in total. The largest absolute Gasteiger partial charge is 0.402 e. The lowest BCUT2D eigenvalue weighted by molar-refractivity contribution is 0.0332. The van der Waals surface area contributed by atoms with Crippen molar-refractivity contribution in [3.05, 3.63) is 77.5 Å². The van der Waals surface area contributed by atoms with Crippen LogP contribution in [0.4, 0.5) is 19.0 Å². The van der Waals surface area contributed by atoms with E-state index < -0.39 is 23.1 Å². The molecule has 0 amide bonds. The van der Waals surface area contributed by atoms with E-state index in [9.17, 15) is 13.2 Å². The minimum absolute atomic E-state index is 0.00705. The van der Waals surface area contributed by atoms with E-state index >= 15 is 0 Å². The van der Waals surface area contributed by atoms with Crippen LogP contribution in [0.5, 0.6) is 0 Å². The summed E-state index contributed by atoms with van der Waals surface area (Å²) in [7, 11) is 0. The quantitative estimate of drug-likeness (QED) is 0.540. The fraction of sp³-hybridized carbons (Fsp3) is 0.105. The summed E-state index contributed by atoms with van der Waals surface area (Å²) in [5.41, 5.74) is 11.6. The summed E-state index contributed by atoms with van der Waals surface area (Å²) in [6.07, 6.45) is 1.40. The van der Waals surface area contributed by atoms with Crippen LogP contribution in [0.15, 0.2) is 65.3 Å². The van der Waals surface area contributed by atoms with Crippen molar-refractivity contribution in [1.29, 1.82) is 0 Å². The second kappa shape index (κ2) is 7.06. The molecule has 5 nitrogen and oxygen atoms in total. The Morgan fingerprint density at radius 1 is 1.04 bits per heavy atom. The third-order valence-corrected chi connectivity index (χ3v) is 3.68. The molecule has 0 aliphatic carbocycles. The molecule has 27 heavy (non-hydrogen) atoms. The predicted octanol–water partition coefficient (Wildman–Crippen LogP) is 3.76. The van der Waals surface area contributed by atoms with Gasteiger partial charge in [0.2, 0.25) is 5.82 Å². The van der Waals surface area contributed by atoms with Crippen LogP contribution in [0, 0.1) is 5.82 Å². The molecule has 0 spiro atoms. The lowest BCUT2D eigenvalue weighted by Crippen LogP contribution is -2.19. The number of aliphatic imine (C=N–C) groups is 1. The van der Waals surface area contributed by atoms with Crippen molar-refractivity contribution in [1.82, 2.24) is 9.97 Å². The van der Waals surface area contributed by atoms with Gasteiger partial charge in [-0.2, -0.15) is 8.78 Å². The first-order chi connectivity index (χ1) is 12.8. The van der Waals surface area contributed by atoms with Crippen molar-refractivity contribution in [3.63, 3.8) is 0 Å². The molecule has 0 saturated carbocycles. The number of amidine groups is 1. The number of nitrogens with zero attached hydrogens (tertiary/aromatic N) is 3. The lowest BCUT2D eigenvalue weighted by atomic mass is 10.1. The van der Waals surface area contributed by atoms with Gasteiger partial charge in [0, 0.05) is 16.6 Å². The molecule has 0 aliphatic rings. The minimum Gasteiger partial charge on any atom is -0.402 e. The molecule has 3 rings (SSSR count). The number of fused-ring (bicyclic) bond motifs is 1. The molecule has 0 saturated heterocycles. The van der Waals surface area contributed by atoms with Gasteiger partial charge in [-0.05, 0) is 49.4 Å². The second-order valence-corrected chi connectivity index (χ2v) is 5.89. The maximum absolute atomic E-state index is 14.9. The summed E-state index contributed by atoms with van der Waals surface area (Å²) < 4.78 is 42.9. The van der Waals surface area contributed by atoms with E-state index in [0.717, 1.165) is 24.3 Å². The number of para-hydroxylation sites is 1. The summed E-state index contributed by atoms with van der Waals surface area (Å²) >= 11 is 0. The number of nitrogens with two attached hydrogens (primary N) is 2. The predicted molar refractivity (Wildman–Crippen MR) is 98.2 cm³/mol. The zero-order valence-corrected chi connectivity index (χ0v) is 14.3. The van der Waals surface area contributed by atoms with E-state index in [0.29, 0.717) is 11.1 Å². The summed E-state index contributed by atoms with van der Waals surface area (Å²) in [6.45, 7) is 1.62. The average molecular weight is 371 g/mol. The SMILES string of the molecule is C/C(N)=C/C(N)=Nc1nc(C(F)(F)c2ccc(F)cc2)nc2ccccc12. The normalized spacial score (nSPS) is 13.2. The lowest BCUT2D eigenvalue weighted by Gasteiger charge is -2.16. The van der Waals surface area contributed by atoms with Crippen molar-refractivity contribution >= 4 is 22.6 Å². The van der Waals surface area contributed by atoms with Gasteiger partial charge in [-0.25, -0.2) is 19.4 Å². The molecule has 1 heterocycles. The van der Waals surface area contributed by atoms with Crippen LogP contribution < -0.4 is 11.5 Å². The van der Waals surface area contributed by atoms with Crippen LogP contribution >= 0.6 is 0 Å². The Hall–Kier alpha value is -3.42. The number of allylic oxidation sites excluding steroid dienone is 1. The first-order valence-electron chi connectivity index (χ1n) is 7.96. The molecule has 0 atom stereocenters. The second-order valence-electron chi connectivity index (χ2n) is 5.89. The standard InChI is InChI=1S/C19H16F3N5/c1-11(23)10-16(24)26-17-14-4-2-3-5-15(14)25-18(27-17)19(21,22)12-6-8-13(20)9-7-12/h2-10H,23H2,1H3,(H2,24,25,26,27)/b11-10-. The smallest absolute Gasteiger partial charge is 0.331 e. The van der Waals surface area contributed by atoms with Gasteiger partial charge in [0.1, 0.15) is 11.7 Å². The first kappa shape index (κ1) is 18.4. The third kappa shape index (κ3) is 3.89. The molecule has 0 fully saturated rings. The monoisotopic (exact) mass is 371 g/mol. The Morgan fingerprint density at radius 2 is 1.70 bits per heavy atom. The molecule has 0 radical (unpaired) electrons. The topological polar surface area (TPSA) is 90.2 Å². The summed E-state index contributed by atoms with van der Waals surface area (Å²) in [5.74, 6) is -4.90. The number of hydrogen-bond acceptors (Lipinski definition) is 4. The van der Waals surface area contributed by atoms with E-state index in [4.69, 9.17) is 11.5 Å². The van der Waals surface area contributed by atoms with E-state index in [2.05, 4.69) is 15.0 Å². The fourth-order valence-electron chi connectivity index (χ4n) is 2.46. The number of aromatic nitrogens is 2. The van der Waals surface area contributed by atoms with E-state index in [1.807, 2.05) is 0 Å². The van der Waals surface area contributed by atoms with Crippen molar-refractivity contribution < 1.29 is 13.2 Å². The van der Waals surface area contributed by atoms with Gasteiger partial charge >= 0.3 is 5.92 Å². The van der Waals surface area contributed by atoms with E-state index in [1.165, 1.54) is 6.08 Å². The van der Waals surface area contributed by atoms with Gasteiger partial charge in [0.15, 0.2) is 5.82 Å². The van der Waals surface area contributed by atoms with Crippen LogP contribution in [-0.4, -0.2) is 15.8 Å². The Balaban J connectivity index is 2.20. The van der Waals surface area contributed by atoms with Crippen LogP contribution in [-0.2, 0) is 5.92 Å². The zero-order valence-electron chi connectivity index (χ0n) is 14.3. The number of benzene rings is 2. The number of halogens is 3. The molecule has 8 heteroatoms. The van der Waals surface area contributed by atoms with Crippen molar-refractivity contribution in [2.75, 3.05) is 0 Å². The van der Waals surface area contributed by atoms with Crippen LogP contribution in [0.3, 0.4) is 0 Å². The molecule has 0 unspecified atom stereocenters. The van der Waals surface area contributed by atoms with Crippen LogP contribution in [0.25, 0.3) is 10.9 Å². The Labute approximate surface area is 153 Å². The molecule has 1 aromatic heterocycles. The minimum atomic E-state index is -3.55. The van der Waals surface area contributed by atoms with Crippen molar-refractivity contribution in [3.8, 4) is 0 Å². The first-order valence-corrected chi connectivity index (χ1v) is 7.96. The summed E-state index contributed by atoms with van der Waals surface area (Å²) in [4.78, 5) is 12.0. The van der Waals surface area contributed by atoms with Gasteiger partial charge < -0.3 is 11.5 Å². The highest BCUT2D eigenvalue weighted by molar-refractivity contribution is 5.97. The van der Waals surface area contributed by atoms with Crippen LogP contribution in [0.2, 0.25) is 0 Å². The maximum Gasteiger partial charge on any atom is 0.331 e. The molecule has 3 aromatic rings. The number of hydrogen-bond donors (Lipinski definition) is 2. The van der Waals surface area contributed by atoms with Gasteiger partial charge in [-0.1, -0.05) is 12.1 Å². The summed E-state index contributed by atoms with van der Waals surface area (Å²) in [6, 6.07) is 10.5. The molecule has 0 aliphatic heterocycles. The Bertz CT molecular complexity index is 1040. The molecule has 0 bridgehead atoms. The Kier molecular flexibility index (Phi) is 4.81. The van der Waals surface area contributed by atoms with Gasteiger partial charge in [-0.3, -0.25) is 0 Å². The van der Waals surface area contributed by atoms with Crippen molar-refractivity contribution in [2.45, 2.75) is 12.8 Å². The van der Waals surface area contributed by atoms with Gasteiger partial charge in [-0.15, -0.1) is 0 Å². The highest BCUT2D eigenvalue weighted by atomic mass is 19.3. The van der Waals surface area contributed by atoms with Gasteiger partial charge in [0.05, 0.1) is 5.52 Å². The molecule has 138 valence electrons. The highest BCUT2D eigenvalue weighted by Crippen LogP contribution is 2.36. The van der Waals surface area contributed by atoms with E-state index in [1.54, 1.807) is 31.2 Å². The highest BCUT2D eigenvalue weighted by Gasteiger charge is 2.38. The molecule has 2 aromatic carbocycles. The van der Waals surface area contributed by atoms with E-state index in [-0.39, 0.29) is 17.2 Å². The average Bonchev–Trinajstić information content (AvgIpc) is 2.61. The van der Waals surface area contributed by atoms with Crippen LogP contribution in [0.1, 0.15) is 18.3 Å². The zero-order chi connectivity index (χ0) is 19.6. The number of rotatable bonds is 4. The maximum atomic E-state index is 14.9. The fourth-order valence-corrected chi connectivity index (χ4v) is 2.46. The van der Waals surface area contributed by atoms with Gasteiger partial charge in [0.25, 0.3) is 0 Å². The van der Waals surface area contributed by atoms with Crippen molar-refractivity contribution in [2.24, 2.45) is 16.5 Å². The molecular formula is C19H16F3N5. The molecular weight excluding hydrogens is 355 g/mol. The third-order valence-electron chi connectivity index (χ3n) is 3.68. The number of alkyl halides is 2. The summed E-state index contributed by atoms with van der Waals surface area (Å²) in [5, 5.41) is 0.460.